The quantitative estimate of drug-likeness (QED) is 0.540. The minimum atomic E-state index is 0.0572. The lowest BCUT2D eigenvalue weighted by Crippen LogP contribution is -2.50. The van der Waals surface area contributed by atoms with Crippen LogP contribution in [0.2, 0.25) is 0 Å². The van der Waals surface area contributed by atoms with Crippen molar-refractivity contribution in [3.05, 3.63) is 53.6 Å². The third kappa shape index (κ3) is 4.88. The molecule has 2 aliphatic rings. The van der Waals surface area contributed by atoms with Gasteiger partial charge >= 0.3 is 0 Å². The number of nitriles is 1. The number of hydrogen-bond acceptors (Lipinski definition) is 8. The van der Waals surface area contributed by atoms with E-state index in [2.05, 4.69) is 30.9 Å². The lowest BCUT2D eigenvalue weighted by atomic mass is 10.0. The van der Waals surface area contributed by atoms with Crippen LogP contribution in [-0.2, 0) is 16.1 Å². The monoisotopic (exact) mass is 486 g/mol. The molecule has 2 fully saturated rings. The van der Waals surface area contributed by atoms with Gasteiger partial charge in [-0.3, -0.25) is 9.48 Å². The second kappa shape index (κ2) is 10.3. The Morgan fingerprint density at radius 2 is 1.75 bits per heavy atom. The molecule has 2 aromatic heterocycles. The van der Waals surface area contributed by atoms with Gasteiger partial charge in [0.2, 0.25) is 11.9 Å². The third-order valence-corrected chi connectivity index (χ3v) is 6.74. The van der Waals surface area contributed by atoms with Gasteiger partial charge in [0.05, 0.1) is 30.2 Å². The maximum absolute atomic E-state index is 12.9. The van der Waals surface area contributed by atoms with Crippen molar-refractivity contribution in [1.82, 2.24) is 24.6 Å². The summed E-state index contributed by atoms with van der Waals surface area (Å²) in [6, 6.07) is 10.0. The SMILES string of the molecule is Cc1cc(C)n(CC(=O)N2CCN(c3c(C#N)cccc3-c3cnc(N4CCOCC4)nc3)CC2)n1. The van der Waals surface area contributed by atoms with E-state index in [-0.39, 0.29) is 12.5 Å². The molecule has 0 spiro atoms. The van der Waals surface area contributed by atoms with Crippen molar-refractivity contribution in [2.45, 2.75) is 20.4 Å². The molecule has 2 saturated heterocycles. The van der Waals surface area contributed by atoms with Gasteiger partial charge in [0, 0.05) is 68.5 Å². The summed E-state index contributed by atoms with van der Waals surface area (Å²) in [7, 11) is 0. The van der Waals surface area contributed by atoms with E-state index in [4.69, 9.17) is 4.74 Å². The molecule has 0 aliphatic carbocycles. The number of ether oxygens (including phenoxy) is 1. The van der Waals surface area contributed by atoms with E-state index in [9.17, 15) is 10.1 Å². The highest BCUT2D eigenvalue weighted by atomic mass is 16.5. The van der Waals surface area contributed by atoms with Crippen molar-refractivity contribution < 1.29 is 9.53 Å². The van der Waals surface area contributed by atoms with Crippen molar-refractivity contribution in [3.63, 3.8) is 0 Å². The Morgan fingerprint density at radius 1 is 1.03 bits per heavy atom. The van der Waals surface area contributed by atoms with Gasteiger partial charge < -0.3 is 19.4 Å². The first-order valence-electron chi connectivity index (χ1n) is 12.3. The number of anilines is 2. The fourth-order valence-corrected chi connectivity index (χ4v) is 4.84. The van der Waals surface area contributed by atoms with Crippen LogP contribution in [0.5, 0.6) is 0 Å². The van der Waals surface area contributed by atoms with Crippen LogP contribution < -0.4 is 9.80 Å². The summed E-state index contributed by atoms with van der Waals surface area (Å²) in [6.45, 7) is 9.49. The zero-order valence-corrected chi connectivity index (χ0v) is 20.7. The lowest BCUT2D eigenvalue weighted by molar-refractivity contribution is -0.132. The number of benzene rings is 1. The van der Waals surface area contributed by atoms with Gasteiger partial charge in [0.25, 0.3) is 0 Å². The van der Waals surface area contributed by atoms with Crippen LogP contribution in [0.25, 0.3) is 11.1 Å². The van der Waals surface area contributed by atoms with E-state index in [1.54, 1.807) is 4.68 Å². The fraction of sp³-hybridized carbons (Fsp3) is 0.423. The van der Waals surface area contributed by atoms with Crippen LogP contribution in [0.3, 0.4) is 0 Å². The van der Waals surface area contributed by atoms with Crippen LogP contribution in [0, 0.1) is 25.2 Å². The summed E-state index contributed by atoms with van der Waals surface area (Å²) in [5, 5.41) is 14.3. The Kier molecular flexibility index (Phi) is 6.82. The van der Waals surface area contributed by atoms with E-state index < -0.39 is 0 Å². The molecule has 4 heterocycles. The number of carbonyl (C=O) groups is 1. The maximum Gasteiger partial charge on any atom is 0.244 e. The van der Waals surface area contributed by atoms with E-state index in [0.29, 0.717) is 50.9 Å². The summed E-state index contributed by atoms with van der Waals surface area (Å²) in [4.78, 5) is 28.3. The summed E-state index contributed by atoms with van der Waals surface area (Å²) >= 11 is 0. The standard InChI is InChI=1S/C26H30N8O2/c1-19-14-20(2)34(30-19)18-24(35)31-6-8-32(9-7-31)25-21(15-27)4-3-5-23(25)22-16-28-26(29-17-22)33-10-12-36-13-11-33/h3-5,14,16-17H,6-13,18H2,1-2H3. The molecule has 0 atom stereocenters. The topological polar surface area (TPSA) is 103 Å². The highest BCUT2D eigenvalue weighted by Gasteiger charge is 2.26. The number of piperazine rings is 1. The summed E-state index contributed by atoms with van der Waals surface area (Å²) in [5.74, 6) is 0.747. The molecule has 1 aromatic carbocycles. The van der Waals surface area contributed by atoms with Crippen molar-refractivity contribution >= 4 is 17.5 Å². The van der Waals surface area contributed by atoms with E-state index in [0.717, 1.165) is 41.3 Å². The van der Waals surface area contributed by atoms with Crippen molar-refractivity contribution in [2.75, 3.05) is 62.3 Å². The first-order valence-corrected chi connectivity index (χ1v) is 12.3. The second-order valence-electron chi connectivity index (χ2n) is 9.14. The zero-order chi connectivity index (χ0) is 25.1. The molecule has 2 aliphatic heterocycles. The molecule has 0 N–H and O–H groups in total. The number of para-hydroxylation sites is 1. The molecule has 10 nitrogen and oxygen atoms in total. The normalized spacial score (nSPS) is 16.2. The number of amides is 1. The first-order chi connectivity index (χ1) is 17.5. The number of rotatable bonds is 5. The van der Waals surface area contributed by atoms with Gasteiger partial charge in [-0.25, -0.2) is 9.97 Å². The summed E-state index contributed by atoms with van der Waals surface area (Å²) in [5.41, 5.74) is 5.15. The minimum Gasteiger partial charge on any atom is -0.378 e. The van der Waals surface area contributed by atoms with Crippen LogP contribution >= 0.6 is 0 Å². The lowest BCUT2D eigenvalue weighted by Gasteiger charge is -2.37. The molecule has 0 unspecified atom stereocenters. The molecule has 186 valence electrons. The van der Waals surface area contributed by atoms with Gasteiger partial charge in [-0.1, -0.05) is 12.1 Å². The molecule has 36 heavy (non-hydrogen) atoms. The Balaban J connectivity index is 1.32. The molecule has 5 rings (SSSR count). The fourth-order valence-electron chi connectivity index (χ4n) is 4.84. The van der Waals surface area contributed by atoms with E-state index in [1.807, 2.05) is 55.4 Å². The molecule has 3 aromatic rings. The van der Waals surface area contributed by atoms with Gasteiger partial charge in [-0.2, -0.15) is 10.4 Å². The number of morpholine rings is 1. The van der Waals surface area contributed by atoms with Crippen LogP contribution in [0.1, 0.15) is 17.0 Å². The van der Waals surface area contributed by atoms with Gasteiger partial charge in [0.1, 0.15) is 12.6 Å². The number of hydrogen-bond donors (Lipinski definition) is 0. The van der Waals surface area contributed by atoms with Crippen molar-refractivity contribution in [2.24, 2.45) is 0 Å². The van der Waals surface area contributed by atoms with Gasteiger partial charge in [-0.15, -0.1) is 0 Å². The minimum absolute atomic E-state index is 0.0572. The average Bonchev–Trinajstić information content (AvgIpc) is 3.24. The van der Waals surface area contributed by atoms with E-state index >= 15 is 0 Å². The van der Waals surface area contributed by atoms with Crippen LogP contribution in [0.15, 0.2) is 36.7 Å². The summed E-state index contributed by atoms with van der Waals surface area (Å²) in [6.07, 6.45) is 3.65. The van der Waals surface area contributed by atoms with Crippen molar-refractivity contribution in [1.29, 1.82) is 5.26 Å². The zero-order valence-electron chi connectivity index (χ0n) is 20.7. The Bertz CT molecular complexity index is 1270. The highest BCUT2D eigenvalue weighted by molar-refractivity contribution is 5.83. The van der Waals surface area contributed by atoms with Crippen LogP contribution in [0.4, 0.5) is 11.6 Å². The van der Waals surface area contributed by atoms with E-state index in [1.165, 1.54) is 0 Å². The number of nitrogens with zero attached hydrogens (tertiary/aromatic N) is 8. The smallest absolute Gasteiger partial charge is 0.244 e. The number of aromatic nitrogens is 4. The average molecular weight is 487 g/mol. The second-order valence-corrected chi connectivity index (χ2v) is 9.14. The molecular weight excluding hydrogens is 456 g/mol. The highest BCUT2D eigenvalue weighted by Crippen LogP contribution is 2.34. The number of carbonyl (C=O) groups excluding carboxylic acids is 1. The Labute approximate surface area is 210 Å². The maximum atomic E-state index is 12.9. The number of aryl methyl sites for hydroxylation is 2. The molecule has 0 saturated carbocycles. The van der Waals surface area contributed by atoms with Gasteiger partial charge in [0.15, 0.2) is 0 Å². The molecule has 0 bridgehead atoms. The molecule has 10 heteroatoms. The predicted molar refractivity (Wildman–Crippen MR) is 136 cm³/mol. The molecular formula is C26H30N8O2. The summed E-state index contributed by atoms with van der Waals surface area (Å²) < 4.78 is 7.18. The molecule has 0 radical (unpaired) electrons. The first kappa shape index (κ1) is 23.8. The molecule has 1 amide bonds. The Hall–Kier alpha value is -3.97. The predicted octanol–water partition coefficient (Wildman–Crippen LogP) is 2.01. The van der Waals surface area contributed by atoms with Gasteiger partial charge in [-0.05, 0) is 26.0 Å². The van der Waals surface area contributed by atoms with Crippen LogP contribution in [-0.4, -0.2) is 83.0 Å². The Morgan fingerprint density at radius 3 is 2.39 bits per heavy atom. The largest absolute Gasteiger partial charge is 0.378 e. The third-order valence-electron chi connectivity index (χ3n) is 6.74. The van der Waals surface area contributed by atoms with Crippen molar-refractivity contribution in [3.8, 4) is 17.2 Å².